The molecule has 0 bridgehead atoms. The van der Waals surface area contributed by atoms with Crippen LogP contribution in [0, 0.1) is 0 Å². The van der Waals surface area contributed by atoms with Crippen molar-refractivity contribution in [1.29, 1.82) is 0 Å². The van der Waals surface area contributed by atoms with Crippen molar-refractivity contribution in [2.75, 3.05) is 24.5 Å². The first-order valence-electron chi connectivity index (χ1n) is 6.91. The Bertz CT molecular complexity index is 616. The van der Waals surface area contributed by atoms with Gasteiger partial charge >= 0.3 is 0 Å². The average Bonchev–Trinajstić information content (AvgIpc) is 3.07. The molecule has 0 aliphatic carbocycles. The zero-order valence-corrected chi connectivity index (χ0v) is 11.5. The van der Waals surface area contributed by atoms with E-state index >= 15 is 0 Å². The molecule has 0 spiro atoms. The molecule has 3 rings (SSSR count). The number of nitrogens with one attached hydrogen (secondary N) is 1. The summed E-state index contributed by atoms with van der Waals surface area (Å²) in [7, 11) is 0. The molecule has 0 radical (unpaired) electrons. The Labute approximate surface area is 117 Å². The molecule has 1 aliphatic heterocycles. The number of amides is 1. The highest BCUT2D eigenvalue weighted by Gasteiger charge is 2.18. The number of nitrogens with zero attached hydrogens (tertiary/aromatic N) is 5. The van der Waals surface area contributed by atoms with Crippen LogP contribution in [0.5, 0.6) is 0 Å². The lowest BCUT2D eigenvalue weighted by molar-refractivity contribution is -0.118. The Morgan fingerprint density at radius 3 is 2.90 bits per heavy atom. The molecule has 2 aromatic rings. The third kappa shape index (κ3) is 2.43. The lowest BCUT2D eigenvalue weighted by Gasteiger charge is -2.16. The van der Waals surface area contributed by atoms with Crippen LogP contribution in [0.4, 0.5) is 5.82 Å². The normalized spacial score (nSPS) is 14.9. The van der Waals surface area contributed by atoms with E-state index in [4.69, 9.17) is 0 Å². The molecular weight excluding hydrogens is 256 g/mol. The summed E-state index contributed by atoms with van der Waals surface area (Å²) in [6.45, 7) is 4.76. The minimum Gasteiger partial charge on any atom is -0.356 e. The van der Waals surface area contributed by atoms with Gasteiger partial charge in [-0.1, -0.05) is 0 Å². The van der Waals surface area contributed by atoms with Crippen molar-refractivity contribution in [2.24, 2.45) is 0 Å². The summed E-state index contributed by atoms with van der Waals surface area (Å²) in [5.41, 5.74) is 0.826. The van der Waals surface area contributed by atoms with E-state index in [-0.39, 0.29) is 5.91 Å². The molecule has 20 heavy (non-hydrogen) atoms. The molecule has 7 heteroatoms. The second kappa shape index (κ2) is 5.44. The Morgan fingerprint density at radius 2 is 2.15 bits per heavy atom. The zero-order valence-electron chi connectivity index (χ0n) is 11.5. The largest absolute Gasteiger partial charge is 0.356 e. The Kier molecular flexibility index (Phi) is 3.49. The molecule has 1 aliphatic rings. The van der Waals surface area contributed by atoms with Crippen molar-refractivity contribution in [3.05, 3.63) is 12.5 Å². The number of carbonyl (C=O) groups is 1. The predicted octanol–water partition coefficient (Wildman–Crippen LogP) is 0.563. The highest BCUT2D eigenvalue weighted by molar-refractivity contribution is 5.86. The number of hydrogen-bond acceptors (Lipinski definition) is 5. The van der Waals surface area contributed by atoms with Crippen LogP contribution in [0.1, 0.15) is 19.8 Å². The predicted molar refractivity (Wildman–Crippen MR) is 75.5 cm³/mol. The van der Waals surface area contributed by atoms with Gasteiger partial charge in [0.25, 0.3) is 0 Å². The summed E-state index contributed by atoms with van der Waals surface area (Å²) >= 11 is 0. The number of hydrogen-bond donors (Lipinski definition) is 1. The highest BCUT2D eigenvalue weighted by atomic mass is 16.1. The summed E-state index contributed by atoms with van der Waals surface area (Å²) in [6, 6.07) is 0. The van der Waals surface area contributed by atoms with Crippen LogP contribution >= 0.6 is 0 Å². The SMILES string of the molecule is CC(=O)NCCn1ncc2c(N3CCCC3)ncnc21. The van der Waals surface area contributed by atoms with Crippen molar-refractivity contribution in [1.82, 2.24) is 25.1 Å². The molecule has 7 nitrogen and oxygen atoms in total. The number of aromatic nitrogens is 4. The van der Waals surface area contributed by atoms with Crippen LogP contribution in [0.2, 0.25) is 0 Å². The number of anilines is 1. The number of fused-ring (bicyclic) bond motifs is 1. The summed E-state index contributed by atoms with van der Waals surface area (Å²) in [4.78, 5) is 21.9. The van der Waals surface area contributed by atoms with Gasteiger partial charge in [-0.2, -0.15) is 5.10 Å². The maximum atomic E-state index is 10.9. The molecule has 3 heterocycles. The second-order valence-corrected chi connectivity index (χ2v) is 4.98. The molecule has 1 N–H and O–H groups in total. The van der Waals surface area contributed by atoms with Crippen LogP contribution in [0.25, 0.3) is 11.0 Å². The van der Waals surface area contributed by atoms with E-state index in [0.717, 1.165) is 29.9 Å². The summed E-state index contributed by atoms with van der Waals surface area (Å²) in [5.74, 6) is 0.937. The lowest BCUT2D eigenvalue weighted by Crippen LogP contribution is -2.25. The first-order chi connectivity index (χ1) is 9.75. The van der Waals surface area contributed by atoms with E-state index in [2.05, 4.69) is 25.3 Å². The molecule has 0 unspecified atom stereocenters. The van der Waals surface area contributed by atoms with Gasteiger partial charge < -0.3 is 10.2 Å². The van der Waals surface area contributed by atoms with E-state index in [1.807, 2.05) is 10.9 Å². The Morgan fingerprint density at radius 1 is 1.35 bits per heavy atom. The summed E-state index contributed by atoms with van der Waals surface area (Å²) < 4.78 is 1.81. The summed E-state index contributed by atoms with van der Waals surface area (Å²) in [5, 5.41) is 8.11. The number of rotatable bonds is 4. The van der Waals surface area contributed by atoms with Gasteiger partial charge in [0.1, 0.15) is 12.1 Å². The van der Waals surface area contributed by atoms with Crippen LogP contribution < -0.4 is 10.2 Å². The summed E-state index contributed by atoms with van der Waals surface area (Å²) in [6.07, 6.45) is 5.83. The van der Waals surface area contributed by atoms with E-state index in [1.54, 1.807) is 6.33 Å². The zero-order chi connectivity index (χ0) is 13.9. The molecule has 0 saturated carbocycles. The van der Waals surface area contributed by atoms with Gasteiger partial charge in [-0.05, 0) is 12.8 Å². The topological polar surface area (TPSA) is 75.9 Å². The van der Waals surface area contributed by atoms with Gasteiger partial charge in [-0.15, -0.1) is 0 Å². The standard InChI is InChI=1S/C13H18N6O/c1-10(20)14-4-7-19-13-11(8-17-19)12(15-9-16-13)18-5-2-3-6-18/h8-9H,2-7H2,1H3,(H,14,20). The van der Waals surface area contributed by atoms with Gasteiger partial charge in [-0.3, -0.25) is 4.79 Å². The molecule has 1 saturated heterocycles. The van der Waals surface area contributed by atoms with Crippen molar-refractivity contribution in [2.45, 2.75) is 26.3 Å². The number of carbonyl (C=O) groups excluding carboxylic acids is 1. The first kappa shape index (κ1) is 12.8. The van der Waals surface area contributed by atoms with E-state index < -0.39 is 0 Å². The molecule has 0 atom stereocenters. The fourth-order valence-electron chi connectivity index (χ4n) is 2.56. The van der Waals surface area contributed by atoms with Crippen LogP contribution in [0.3, 0.4) is 0 Å². The molecule has 0 aromatic carbocycles. The van der Waals surface area contributed by atoms with E-state index in [9.17, 15) is 4.79 Å². The minimum absolute atomic E-state index is 0.0335. The monoisotopic (exact) mass is 274 g/mol. The molecule has 2 aromatic heterocycles. The maximum Gasteiger partial charge on any atom is 0.216 e. The van der Waals surface area contributed by atoms with Gasteiger partial charge in [-0.25, -0.2) is 14.6 Å². The highest BCUT2D eigenvalue weighted by Crippen LogP contribution is 2.25. The molecular formula is C13H18N6O. The smallest absolute Gasteiger partial charge is 0.216 e. The van der Waals surface area contributed by atoms with Crippen LogP contribution in [0.15, 0.2) is 12.5 Å². The first-order valence-corrected chi connectivity index (χ1v) is 6.91. The maximum absolute atomic E-state index is 10.9. The second-order valence-electron chi connectivity index (χ2n) is 4.98. The van der Waals surface area contributed by atoms with Crippen LogP contribution in [-0.2, 0) is 11.3 Å². The molecule has 1 fully saturated rings. The fraction of sp³-hybridized carbons (Fsp3) is 0.538. The van der Waals surface area contributed by atoms with Gasteiger partial charge in [0, 0.05) is 26.6 Å². The van der Waals surface area contributed by atoms with Gasteiger partial charge in [0.15, 0.2) is 5.65 Å². The van der Waals surface area contributed by atoms with E-state index in [0.29, 0.717) is 13.1 Å². The third-order valence-electron chi connectivity index (χ3n) is 3.52. The third-order valence-corrected chi connectivity index (χ3v) is 3.52. The Balaban J connectivity index is 1.85. The van der Waals surface area contributed by atoms with Crippen molar-refractivity contribution in [3.8, 4) is 0 Å². The lowest BCUT2D eigenvalue weighted by atomic mass is 10.3. The van der Waals surface area contributed by atoms with Crippen molar-refractivity contribution >= 4 is 22.8 Å². The van der Waals surface area contributed by atoms with Crippen molar-refractivity contribution < 1.29 is 4.79 Å². The van der Waals surface area contributed by atoms with Crippen LogP contribution in [-0.4, -0.2) is 45.3 Å². The molecule has 1 amide bonds. The fourth-order valence-corrected chi connectivity index (χ4v) is 2.56. The van der Waals surface area contributed by atoms with E-state index in [1.165, 1.54) is 19.8 Å². The Hall–Kier alpha value is -2.18. The average molecular weight is 274 g/mol. The quantitative estimate of drug-likeness (QED) is 0.881. The minimum atomic E-state index is -0.0335. The van der Waals surface area contributed by atoms with Gasteiger partial charge in [0.2, 0.25) is 5.91 Å². The van der Waals surface area contributed by atoms with Crippen molar-refractivity contribution in [3.63, 3.8) is 0 Å². The van der Waals surface area contributed by atoms with Gasteiger partial charge in [0.05, 0.1) is 18.1 Å². The molecule has 106 valence electrons.